The third-order valence-electron chi connectivity index (χ3n) is 5.51. The summed E-state index contributed by atoms with van der Waals surface area (Å²) in [5, 5.41) is 5.12. The summed E-state index contributed by atoms with van der Waals surface area (Å²) < 4.78 is 5.24. The van der Waals surface area contributed by atoms with E-state index in [0.717, 1.165) is 28.4 Å². The lowest BCUT2D eigenvalue weighted by molar-refractivity contribution is 0.0702. The number of nitrogens with zero attached hydrogens (tertiary/aromatic N) is 1. The Balaban J connectivity index is 1.34. The van der Waals surface area contributed by atoms with Crippen LogP contribution in [0, 0.1) is 0 Å². The third-order valence-corrected chi connectivity index (χ3v) is 5.51. The molecule has 1 aliphatic heterocycles. The van der Waals surface area contributed by atoms with Crippen molar-refractivity contribution in [2.45, 2.75) is 13.0 Å². The number of rotatable bonds is 3. The van der Waals surface area contributed by atoms with E-state index in [4.69, 9.17) is 4.42 Å². The van der Waals surface area contributed by atoms with E-state index >= 15 is 0 Å². The van der Waals surface area contributed by atoms with Gasteiger partial charge in [-0.05, 0) is 64.7 Å². The van der Waals surface area contributed by atoms with Crippen molar-refractivity contribution in [1.82, 2.24) is 4.90 Å². The zero-order chi connectivity index (χ0) is 20.5. The second-order valence-corrected chi connectivity index (χ2v) is 7.45. The van der Waals surface area contributed by atoms with E-state index in [1.807, 2.05) is 60.7 Å². The van der Waals surface area contributed by atoms with Crippen molar-refractivity contribution in [2.75, 3.05) is 11.9 Å². The Morgan fingerprint density at radius 3 is 2.57 bits per heavy atom. The summed E-state index contributed by atoms with van der Waals surface area (Å²) in [6.07, 6.45) is 2.28. The number of benzene rings is 3. The van der Waals surface area contributed by atoms with Crippen molar-refractivity contribution >= 4 is 28.3 Å². The monoisotopic (exact) mass is 396 g/mol. The number of nitrogens with one attached hydrogen (secondary N) is 1. The van der Waals surface area contributed by atoms with Crippen molar-refractivity contribution in [1.29, 1.82) is 0 Å². The Morgan fingerprint density at radius 2 is 1.73 bits per heavy atom. The maximum absolute atomic E-state index is 12.8. The van der Waals surface area contributed by atoms with E-state index in [1.54, 1.807) is 17.0 Å². The van der Waals surface area contributed by atoms with Crippen LogP contribution in [0.3, 0.4) is 0 Å². The zero-order valence-electron chi connectivity index (χ0n) is 16.3. The molecule has 3 aromatic carbocycles. The van der Waals surface area contributed by atoms with Crippen molar-refractivity contribution in [2.24, 2.45) is 0 Å². The Kier molecular flexibility index (Phi) is 4.56. The summed E-state index contributed by atoms with van der Waals surface area (Å²) in [4.78, 5) is 27.1. The molecule has 0 fully saturated rings. The van der Waals surface area contributed by atoms with Crippen molar-refractivity contribution in [3.8, 4) is 0 Å². The lowest BCUT2D eigenvalue weighted by Gasteiger charge is -2.28. The lowest BCUT2D eigenvalue weighted by Crippen LogP contribution is -2.35. The summed E-state index contributed by atoms with van der Waals surface area (Å²) in [5.41, 5.74) is 3.57. The zero-order valence-corrected chi connectivity index (χ0v) is 16.3. The molecule has 4 aromatic rings. The molecule has 0 atom stereocenters. The minimum atomic E-state index is -0.153. The Bertz CT molecular complexity index is 1240. The molecule has 2 heterocycles. The van der Waals surface area contributed by atoms with Gasteiger partial charge in [0.25, 0.3) is 11.8 Å². The van der Waals surface area contributed by atoms with E-state index in [0.29, 0.717) is 24.4 Å². The van der Waals surface area contributed by atoms with Crippen LogP contribution in [-0.4, -0.2) is 23.3 Å². The molecule has 0 bridgehead atoms. The smallest absolute Gasteiger partial charge is 0.289 e. The van der Waals surface area contributed by atoms with Gasteiger partial charge in [-0.15, -0.1) is 0 Å². The largest absolute Gasteiger partial charge is 0.459 e. The van der Waals surface area contributed by atoms with Crippen LogP contribution in [-0.2, 0) is 13.0 Å². The number of fused-ring (bicyclic) bond motifs is 2. The predicted molar refractivity (Wildman–Crippen MR) is 115 cm³/mol. The van der Waals surface area contributed by atoms with Crippen molar-refractivity contribution in [3.05, 3.63) is 102 Å². The van der Waals surface area contributed by atoms with Gasteiger partial charge in [0.2, 0.25) is 0 Å². The van der Waals surface area contributed by atoms with Crippen LogP contribution < -0.4 is 5.32 Å². The second-order valence-electron chi connectivity index (χ2n) is 7.45. The second kappa shape index (κ2) is 7.52. The van der Waals surface area contributed by atoms with E-state index in [-0.39, 0.29) is 11.8 Å². The number of carbonyl (C=O) groups excluding carboxylic acids is 2. The average Bonchev–Trinajstić information content (AvgIpc) is 3.32. The average molecular weight is 396 g/mol. The molecule has 30 heavy (non-hydrogen) atoms. The van der Waals surface area contributed by atoms with Crippen LogP contribution in [0.5, 0.6) is 0 Å². The Hall–Kier alpha value is -3.86. The molecule has 1 N–H and O–H groups in total. The van der Waals surface area contributed by atoms with Crippen LogP contribution in [0.4, 0.5) is 5.69 Å². The first-order valence-electron chi connectivity index (χ1n) is 9.92. The Labute approximate surface area is 173 Å². The number of anilines is 1. The topological polar surface area (TPSA) is 62.6 Å². The number of carbonyl (C=O) groups is 2. The van der Waals surface area contributed by atoms with Gasteiger partial charge in [-0.1, -0.05) is 36.4 Å². The summed E-state index contributed by atoms with van der Waals surface area (Å²) in [7, 11) is 0. The van der Waals surface area contributed by atoms with Crippen LogP contribution in [0.25, 0.3) is 10.8 Å². The minimum absolute atomic E-state index is 0.115. The first kappa shape index (κ1) is 18.2. The summed E-state index contributed by atoms with van der Waals surface area (Å²) in [6, 6.07) is 22.9. The fourth-order valence-corrected chi connectivity index (χ4v) is 3.90. The van der Waals surface area contributed by atoms with Gasteiger partial charge in [0, 0.05) is 24.3 Å². The quantitative estimate of drug-likeness (QED) is 0.537. The predicted octanol–water partition coefficient (Wildman–Crippen LogP) is 4.88. The first-order valence-corrected chi connectivity index (χ1v) is 9.92. The highest BCUT2D eigenvalue weighted by molar-refractivity contribution is 6.06. The summed E-state index contributed by atoms with van der Waals surface area (Å²) in [6.45, 7) is 1.14. The van der Waals surface area contributed by atoms with Gasteiger partial charge in [-0.3, -0.25) is 9.59 Å². The van der Waals surface area contributed by atoms with Crippen LogP contribution in [0.2, 0.25) is 0 Å². The molecule has 0 saturated heterocycles. The number of hydrogen-bond acceptors (Lipinski definition) is 3. The normalized spacial score (nSPS) is 13.1. The highest BCUT2D eigenvalue weighted by Gasteiger charge is 2.23. The maximum Gasteiger partial charge on any atom is 0.289 e. The highest BCUT2D eigenvalue weighted by Crippen LogP contribution is 2.25. The maximum atomic E-state index is 12.8. The molecule has 0 saturated carbocycles. The summed E-state index contributed by atoms with van der Waals surface area (Å²) in [5.74, 6) is 0.0792. The van der Waals surface area contributed by atoms with E-state index < -0.39 is 0 Å². The minimum Gasteiger partial charge on any atom is -0.459 e. The SMILES string of the molecule is O=C(Nc1ccc2c(c1)CN(C(=O)c1ccco1)CC2)c1ccc2ccccc2c1. The third kappa shape index (κ3) is 3.46. The van der Waals surface area contributed by atoms with Crippen molar-refractivity contribution in [3.63, 3.8) is 0 Å². The molecule has 1 aromatic heterocycles. The summed E-state index contributed by atoms with van der Waals surface area (Å²) >= 11 is 0. The standard InChI is InChI=1S/C25H20N2O3/c28-24(20-8-7-17-4-1-2-5-19(17)14-20)26-22-10-9-18-11-12-27(16-21(18)15-22)25(29)23-6-3-13-30-23/h1-10,13-15H,11-12,16H2,(H,26,28). The number of hydrogen-bond donors (Lipinski definition) is 1. The van der Waals surface area contributed by atoms with Crippen molar-refractivity contribution < 1.29 is 14.0 Å². The van der Waals surface area contributed by atoms with E-state index in [2.05, 4.69) is 5.32 Å². The fourth-order valence-electron chi connectivity index (χ4n) is 3.90. The lowest BCUT2D eigenvalue weighted by atomic mass is 9.98. The van der Waals surface area contributed by atoms with Crippen LogP contribution in [0.1, 0.15) is 32.0 Å². The van der Waals surface area contributed by atoms with Gasteiger partial charge in [0.05, 0.1) is 6.26 Å². The number of furan rings is 1. The van der Waals surface area contributed by atoms with E-state index in [1.165, 1.54) is 11.8 Å². The fraction of sp³-hybridized carbons (Fsp3) is 0.120. The first-order chi connectivity index (χ1) is 14.7. The molecule has 0 unspecified atom stereocenters. The molecular weight excluding hydrogens is 376 g/mol. The molecule has 5 heteroatoms. The molecule has 5 nitrogen and oxygen atoms in total. The van der Waals surface area contributed by atoms with Gasteiger partial charge >= 0.3 is 0 Å². The van der Waals surface area contributed by atoms with Gasteiger partial charge in [-0.2, -0.15) is 0 Å². The van der Waals surface area contributed by atoms with Crippen LogP contribution in [0.15, 0.2) is 83.5 Å². The molecule has 2 amide bonds. The number of amides is 2. The molecule has 1 aliphatic rings. The molecule has 0 radical (unpaired) electrons. The molecular formula is C25H20N2O3. The molecule has 0 spiro atoms. The van der Waals surface area contributed by atoms with E-state index in [9.17, 15) is 9.59 Å². The molecule has 148 valence electrons. The van der Waals surface area contributed by atoms with Gasteiger partial charge in [0.15, 0.2) is 5.76 Å². The Morgan fingerprint density at radius 1 is 0.867 bits per heavy atom. The molecule has 0 aliphatic carbocycles. The van der Waals surface area contributed by atoms with Gasteiger partial charge in [0.1, 0.15) is 0 Å². The van der Waals surface area contributed by atoms with Gasteiger partial charge in [-0.25, -0.2) is 0 Å². The molecule has 5 rings (SSSR count). The van der Waals surface area contributed by atoms with Gasteiger partial charge < -0.3 is 14.6 Å². The van der Waals surface area contributed by atoms with Crippen LogP contribution >= 0.6 is 0 Å². The highest BCUT2D eigenvalue weighted by atomic mass is 16.3.